The van der Waals surface area contributed by atoms with E-state index >= 15 is 0 Å². The molecule has 1 fully saturated rings. The number of benzene rings is 2. The molecule has 164 valence electrons. The number of hydrogen-bond donors (Lipinski definition) is 1. The Bertz CT molecular complexity index is 1470. The summed E-state index contributed by atoms with van der Waals surface area (Å²) in [5.41, 5.74) is 1.25. The van der Waals surface area contributed by atoms with Crippen LogP contribution in [-0.4, -0.2) is 43.8 Å². The highest BCUT2D eigenvalue weighted by Gasteiger charge is 2.38. The van der Waals surface area contributed by atoms with Gasteiger partial charge in [0.1, 0.15) is 14.7 Å². The molecule has 0 saturated carbocycles. The highest BCUT2D eigenvalue weighted by atomic mass is 35.5. The van der Waals surface area contributed by atoms with Crippen LogP contribution in [0.25, 0.3) is 21.0 Å². The fourth-order valence-corrected chi connectivity index (χ4v) is 7.77. The van der Waals surface area contributed by atoms with Gasteiger partial charge in [0, 0.05) is 28.2 Å². The first kappa shape index (κ1) is 21.6. The van der Waals surface area contributed by atoms with E-state index in [4.69, 9.17) is 23.2 Å². The van der Waals surface area contributed by atoms with Crippen LogP contribution in [0.3, 0.4) is 0 Å². The third-order valence-corrected chi connectivity index (χ3v) is 9.52. The number of hydrogen-bond acceptors (Lipinski definition) is 6. The molecule has 1 amide bonds. The van der Waals surface area contributed by atoms with Crippen molar-refractivity contribution in [2.45, 2.75) is 9.58 Å². The zero-order chi connectivity index (χ0) is 22.5. The average molecular weight is 506 g/mol. The number of sulfone groups is 1. The minimum atomic E-state index is -3.85. The standard InChI is InChI=1S/C22H17Cl2N3O3S2/c23-16-4-1-14-10-21(31-18(14)11-16)32(29,30)22(27-8-7-25-20(28)12-27)15-2-5-17-13(9-15)3-6-19(24)26-17/h1-6,9-11,22H,7-8,12H2,(H,25,28). The molecule has 2 aromatic carbocycles. The zero-order valence-electron chi connectivity index (χ0n) is 16.6. The molecular formula is C22H17Cl2N3O3S2. The van der Waals surface area contributed by atoms with Gasteiger partial charge in [0.2, 0.25) is 15.7 Å². The molecule has 5 rings (SSSR count). The van der Waals surface area contributed by atoms with E-state index in [0.29, 0.717) is 34.3 Å². The molecule has 1 aliphatic heterocycles. The Kier molecular flexibility index (Phi) is 5.59. The molecule has 0 bridgehead atoms. The van der Waals surface area contributed by atoms with Gasteiger partial charge in [-0.25, -0.2) is 13.4 Å². The number of pyridine rings is 1. The Hall–Kier alpha value is -2.23. The van der Waals surface area contributed by atoms with Gasteiger partial charge in [-0.1, -0.05) is 35.3 Å². The molecule has 1 unspecified atom stereocenters. The number of aromatic nitrogens is 1. The van der Waals surface area contributed by atoms with Crippen molar-refractivity contribution in [2.24, 2.45) is 0 Å². The minimum absolute atomic E-state index is 0.00246. The number of nitrogens with one attached hydrogen (secondary N) is 1. The van der Waals surface area contributed by atoms with Crippen molar-refractivity contribution in [2.75, 3.05) is 19.6 Å². The van der Waals surface area contributed by atoms with Crippen LogP contribution >= 0.6 is 34.5 Å². The number of halogens is 2. The molecule has 3 heterocycles. The van der Waals surface area contributed by atoms with E-state index in [1.54, 1.807) is 47.4 Å². The van der Waals surface area contributed by atoms with Gasteiger partial charge in [-0.2, -0.15) is 0 Å². The van der Waals surface area contributed by atoms with Crippen LogP contribution in [0.5, 0.6) is 0 Å². The van der Waals surface area contributed by atoms with Gasteiger partial charge in [0.15, 0.2) is 0 Å². The summed E-state index contributed by atoms with van der Waals surface area (Å²) in [4.78, 5) is 18.1. The number of nitrogens with zero attached hydrogens (tertiary/aromatic N) is 2. The highest BCUT2D eigenvalue weighted by molar-refractivity contribution is 7.93. The van der Waals surface area contributed by atoms with E-state index in [1.165, 1.54) is 11.3 Å². The van der Waals surface area contributed by atoms with Crippen molar-refractivity contribution in [3.8, 4) is 0 Å². The normalized spacial score (nSPS) is 16.4. The van der Waals surface area contributed by atoms with Gasteiger partial charge in [0.05, 0.1) is 12.1 Å². The molecule has 0 spiro atoms. The lowest BCUT2D eigenvalue weighted by molar-refractivity contribution is -0.124. The molecule has 2 aromatic heterocycles. The Labute approximate surface area is 198 Å². The van der Waals surface area contributed by atoms with Crippen LogP contribution in [-0.2, 0) is 14.6 Å². The number of rotatable bonds is 4. The second-order valence-electron chi connectivity index (χ2n) is 7.55. The van der Waals surface area contributed by atoms with E-state index in [9.17, 15) is 13.2 Å². The number of thiophene rings is 1. The lowest BCUT2D eigenvalue weighted by atomic mass is 10.1. The van der Waals surface area contributed by atoms with Gasteiger partial charge in [-0.3, -0.25) is 9.69 Å². The Balaban J connectivity index is 1.66. The van der Waals surface area contributed by atoms with E-state index in [1.807, 2.05) is 12.1 Å². The molecule has 1 aliphatic rings. The van der Waals surface area contributed by atoms with E-state index < -0.39 is 15.2 Å². The molecule has 10 heteroatoms. The van der Waals surface area contributed by atoms with Gasteiger partial charge in [-0.15, -0.1) is 11.3 Å². The predicted molar refractivity (Wildman–Crippen MR) is 128 cm³/mol. The number of carbonyl (C=O) groups is 1. The molecule has 1 atom stereocenters. The highest BCUT2D eigenvalue weighted by Crippen LogP contribution is 2.39. The second kappa shape index (κ2) is 8.28. The van der Waals surface area contributed by atoms with Crippen molar-refractivity contribution < 1.29 is 13.2 Å². The van der Waals surface area contributed by atoms with Crippen LogP contribution in [0.4, 0.5) is 0 Å². The summed E-state index contributed by atoms with van der Waals surface area (Å²) in [5.74, 6) is -0.200. The van der Waals surface area contributed by atoms with Crippen LogP contribution in [0.1, 0.15) is 10.9 Å². The zero-order valence-corrected chi connectivity index (χ0v) is 19.7. The van der Waals surface area contributed by atoms with E-state index in [-0.39, 0.29) is 16.7 Å². The first-order valence-corrected chi connectivity index (χ1v) is 12.9. The molecule has 4 aromatic rings. The topological polar surface area (TPSA) is 79.4 Å². The fraction of sp³-hybridized carbons (Fsp3) is 0.182. The molecule has 0 aliphatic carbocycles. The Morgan fingerprint density at radius 2 is 1.84 bits per heavy atom. The van der Waals surface area contributed by atoms with Gasteiger partial charge in [0.25, 0.3) is 0 Å². The molecule has 0 radical (unpaired) electrons. The maximum Gasteiger partial charge on any atom is 0.234 e. The van der Waals surface area contributed by atoms with E-state index in [2.05, 4.69) is 10.3 Å². The molecular weight excluding hydrogens is 489 g/mol. The van der Waals surface area contributed by atoms with Gasteiger partial charge < -0.3 is 5.32 Å². The predicted octanol–water partition coefficient (Wildman–Crippen LogP) is 4.66. The lowest BCUT2D eigenvalue weighted by Crippen LogP contribution is -2.50. The Morgan fingerprint density at radius 3 is 2.66 bits per heavy atom. The van der Waals surface area contributed by atoms with Crippen molar-refractivity contribution in [1.29, 1.82) is 0 Å². The first-order chi connectivity index (χ1) is 15.3. The first-order valence-electron chi connectivity index (χ1n) is 9.81. The van der Waals surface area contributed by atoms with Crippen molar-refractivity contribution >= 4 is 71.3 Å². The van der Waals surface area contributed by atoms with Crippen molar-refractivity contribution in [3.05, 3.63) is 70.3 Å². The smallest absolute Gasteiger partial charge is 0.234 e. The summed E-state index contributed by atoms with van der Waals surface area (Å²) >= 11 is 13.3. The number of piperazine rings is 1. The molecule has 1 saturated heterocycles. The summed E-state index contributed by atoms with van der Waals surface area (Å²) in [7, 11) is -3.85. The maximum absolute atomic E-state index is 14.0. The van der Waals surface area contributed by atoms with Gasteiger partial charge >= 0.3 is 0 Å². The molecule has 1 N–H and O–H groups in total. The number of carbonyl (C=O) groups excluding carboxylic acids is 1. The van der Waals surface area contributed by atoms with Gasteiger partial charge in [-0.05, 0) is 53.4 Å². The molecule has 6 nitrogen and oxygen atoms in total. The minimum Gasteiger partial charge on any atom is -0.354 e. The summed E-state index contributed by atoms with van der Waals surface area (Å²) in [6.45, 7) is 0.804. The van der Waals surface area contributed by atoms with E-state index in [0.717, 1.165) is 15.5 Å². The van der Waals surface area contributed by atoms with Crippen molar-refractivity contribution in [3.63, 3.8) is 0 Å². The second-order valence-corrected chi connectivity index (χ2v) is 11.7. The largest absolute Gasteiger partial charge is 0.354 e. The molecule has 32 heavy (non-hydrogen) atoms. The fourth-order valence-electron chi connectivity index (χ4n) is 3.95. The summed E-state index contributed by atoms with van der Waals surface area (Å²) in [6.07, 6.45) is 0. The average Bonchev–Trinajstić information content (AvgIpc) is 3.18. The maximum atomic E-state index is 14.0. The van der Waals surface area contributed by atoms with Crippen molar-refractivity contribution in [1.82, 2.24) is 15.2 Å². The monoisotopic (exact) mass is 505 g/mol. The quantitative estimate of drug-likeness (QED) is 0.408. The van der Waals surface area contributed by atoms with Crippen LogP contribution in [0.2, 0.25) is 10.2 Å². The summed E-state index contributed by atoms with van der Waals surface area (Å²) in [6, 6.07) is 15.8. The van der Waals surface area contributed by atoms with Crippen LogP contribution in [0.15, 0.2) is 58.8 Å². The van der Waals surface area contributed by atoms with Crippen LogP contribution < -0.4 is 5.32 Å². The third-order valence-electron chi connectivity index (χ3n) is 5.40. The lowest BCUT2D eigenvalue weighted by Gasteiger charge is -2.33. The number of fused-ring (bicyclic) bond motifs is 2. The Morgan fingerprint density at radius 1 is 1.03 bits per heavy atom. The summed E-state index contributed by atoms with van der Waals surface area (Å²) in [5, 5.41) is 4.25. The SMILES string of the molecule is O=C1CN(C(c2ccc3nc(Cl)ccc3c2)S(=O)(=O)c2cc3ccc(Cl)cc3s2)CCN1. The van der Waals surface area contributed by atoms with Crippen LogP contribution in [0, 0.1) is 0 Å². The summed E-state index contributed by atoms with van der Waals surface area (Å²) < 4.78 is 28.9. The number of amides is 1. The third kappa shape index (κ3) is 3.97.